The van der Waals surface area contributed by atoms with Crippen LogP contribution in [0.25, 0.3) is 10.2 Å². The Bertz CT molecular complexity index is 1000. The fourth-order valence-electron chi connectivity index (χ4n) is 3.31. The normalized spacial score (nSPS) is 14.9. The van der Waals surface area contributed by atoms with Crippen LogP contribution in [0.5, 0.6) is 0 Å². The number of rotatable bonds is 2. The van der Waals surface area contributed by atoms with Crippen LogP contribution in [-0.4, -0.2) is 29.0 Å². The first kappa shape index (κ1) is 17.4. The van der Waals surface area contributed by atoms with Gasteiger partial charge < -0.3 is 10.2 Å². The molecule has 0 unspecified atom stereocenters. The van der Waals surface area contributed by atoms with E-state index in [0.29, 0.717) is 24.7 Å². The van der Waals surface area contributed by atoms with Gasteiger partial charge in [0.25, 0.3) is 0 Å². The van der Waals surface area contributed by atoms with E-state index in [4.69, 9.17) is 10.2 Å². The van der Waals surface area contributed by atoms with Gasteiger partial charge in [-0.2, -0.15) is 5.26 Å². The number of halogens is 1. The lowest BCUT2D eigenvalue weighted by molar-refractivity contribution is 0.194. The highest BCUT2D eigenvalue weighted by molar-refractivity contribution is 7.18. The third kappa shape index (κ3) is 3.62. The molecule has 7 heteroatoms. The quantitative estimate of drug-likeness (QED) is 0.699. The Balaban J connectivity index is 1.40. The van der Waals surface area contributed by atoms with Crippen LogP contribution in [0.3, 0.4) is 0 Å². The molecule has 0 atom stereocenters. The molecule has 2 heterocycles. The van der Waals surface area contributed by atoms with Gasteiger partial charge in [0, 0.05) is 19.0 Å². The maximum Gasteiger partial charge on any atom is 0.321 e. The van der Waals surface area contributed by atoms with Crippen molar-refractivity contribution in [3.05, 3.63) is 58.9 Å². The molecule has 1 saturated heterocycles. The summed E-state index contributed by atoms with van der Waals surface area (Å²) in [6.45, 7) is 1.24. The van der Waals surface area contributed by atoms with E-state index in [2.05, 4.69) is 11.4 Å². The lowest BCUT2D eigenvalue weighted by atomic mass is 9.98. The number of aromatic nitrogens is 1. The number of anilines is 1. The molecule has 1 fully saturated rings. The summed E-state index contributed by atoms with van der Waals surface area (Å²) in [7, 11) is 0. The number of nitrogens with one attached hydrogen (secondary N) is 1. The summed E-state index contributed by atoms with van der Waals surface area (Å²) in [6, 6.07) is 13.5. The van der Waals surface area contributed by atoms with Gasteiger partial charge in [-0.25, -0.2) is 14.2 Å². The number of nitriles is 1. The molecular formula is C20H17FN4OS. The molecular weight excluding hydrogens is 363 g/mol. The molecule has 5 nitrogen and oxygen atoms in total. The largest absolute Gasteiger partial charge is 0.324 e. The Morgan fingerprint density at radius 2 is 2.04 bits per heavy atom. The van der Waals surface area contributed by atoms with Crippen molar-refractivity contribution in [3.8, 4) is 6.07 Å². The van der Waals surface area contributed by atoms with Gasteiger partial charge in [-0.15, -0.1) is 11.3 Å². The van der Waals surface area contributed by atoms with Gasteiger partial charge in [-0.05, 0) is 43.2 Å². The Kier molecular flexibility index (Phi) is 4.73. The first-order valence-electron chi connectivity index (χ1n) is 8.75. The number of piperidine rings is 1. The molecule has 2 aromatic carbocycles. The molecule has 2 amide bonds. The number of urea groups is 1. The van der Waals surface area contributed by atoms with E-state index in [-0.39, 0.29) is 11.6 Å². The SMILES string of the molecule is N#Cc1cc(F)ccc1NC(=O)N1CCC(c2nc3ccccc3s2)CC1. The van der Waals surface area contributed by atoms with Crippen molar-refractivity contribution in [1.82, 2.24) is 9.88 Å². The molecule has 0 saturated carbocycles. The summed E-state index contributed by atoms with van der Waals surface area (Å²) in [5.41, 5.74) is 1.47. The number of nitrogens with zero attached hydrogens (tertiary/aromatic N) is 3. The number of carbonyl (C=O) groups excluding carboxylic acids is 1. The number of para-hydroxylation sites is 1. The molecule has 1 aliphatic rings. The second kappa shape index (κ2) is 7.33. The Labute approximate surface area is 160 Å². The predicted octanol–water partition coefficient (Wildman–Crippen LogP) is 4.72. The lowest BCUT2D eigenvalue weighted by Crippen LogP contribution is -2.40. The van der Waals surface area contributed by atoms with E-state index >= 15 is 0 Å². The van der Waals surface area contributed by atoms with Crippen LogP contribution in [0.4, 0.5) is 14.9 Å². The summed E-state index contributed by atoms with van der Waals surface area (Å²) in [6.07, 6.45) is 1.70. The molecule has 0 spiro atoms. The summed E-state index contributed by atoms with van der Waals surface area (Å²) < 4.78 is 14.4. The van der Waals surface area contributed by atoms with Crippen LogP contribution in [-0.2, 0) is 0 Å². The first-order valence-corrected chi connectivity index (χ1v) is 9.57. The topological polar surface area (TPSA) is 69.0 Å². The minimum Gasteiger partial charge on any atom is -0.324 e. The second-order valence-corrected chi connectivity index (χ2v) is 7.58. The summed E-state index contributed by atoms with van der Waals surface area (Å²) in [5, 5.41) is 12.9. The van der Waals surface area contributed by atoms with Crippen LogP contribution in [0.1, 0.15) is 29.3 Å². The number of hydrogen-bond acceptors (Lipinski definition) is 4. The summed E-state index contributed by atoms with van der Waals surface area (Å²) in [5.74, 6) is -0.145. The fraction of sp³-hybridized carbons (Fsp3) is 0.250. The summed E-state index contributed by atoms with van der Waals surface area (Å²) in [4.78, 5) is 19.0. The smallest absolute Gasteiger partial charge is 0.321 e. The molecule has 136 valence electrons. The molecule has 27 heavy (non-hydrogen) atoms. The van der Waals surface area contributed by atoms with Crippen molar-refractivity contribution >= 4 is 33.3 Å². The van der Waals surface area contributed by atoms with Gasteiger partial charge >= 0.3 is 6.03 Å². The molecule has 0 radical (unpaired) electrons. The molecule has 1 N–H and O–H groups in total. The first-order chi connectivity index (χ1) is 13.1. The number of benzene rings is 2. The molecule has 0 bridgehead atoms. The van der Waals surface area contributed by atoms with Gasteiger partial charge in [0.05, 0.1) is 26.5 Å². The van der Waals surface area contributed by atoms with E-state index in [1.807, 2.05) is 24.3 Å². The number of carbonyl (C=O) groups is 1. The average molecular weight is 380 g/mol. The minimum atomic E-state index is -0.499. The number of amides is 2. The van der Waals surface area contributed by atoms with Crippen molar-refractivity contribution in [2.24, 2.45) is 0 Å². The van der Waals surface area contributed by atoms with Crippen molar-refractivity contribution < 1.29 is 9.18 Å². The number of thiazole rings is 1. The standard InChI is InChI=1S/C20H17FN4OS/c21-15-5-6-16(14(11-15)12-22)24-20(26)25-9-7-13(8-10-25)19-23-17-3-1-2-4-18(17)27-19/h1-6,11,13H,7-10H2,(H,24,26). The van der Waals surface area contributed by atoms with Crippen molar-refractivity contribution in [1.29, 1.82) is 5.26 Å². The average Bonchev–Trinajstić information content (AvgIpc) is 3.13. The highest BCUT2D eigenvalue weighted by Crippen LogP contribution is 2.34. The number of fused-ring (bicyclic) bond motifs is 1. The van der Waals surface area contributed by atoms with Gasteiger partial charge in [0.1, 0.15) is 11.9 Å². The lowest BCUT2D eigenvalue weighted by Gasteiger charge is -2.31. The zero-order valence-electron chi connectivity index (χ0n) is 14.5. The second-order valence-electron chi connectivity index (χ2n) is 6.51. The highest BCUT2D eigenvalue weighted by atomic mass is 32.1. The van der Waals surface area contributed by atoms with Crippen LogP contribution in [0, 0.1) is 17.1 Å². The minimum absolute atomic E-state index is 0.118. The Hall–Kier alpha value is -2.98. The highest BCUT2D eigenvalue weighted by Gasteiger charge is 2.26. The predicted molar refractivity (Wildman–Crippen MR) is 103 cm³/mol. The van der Waals surface area contributed by atoms with E-state index in [0.717, 1.165) is 29.4 Å². The molecule has 0 aliphatic carbocycles. The van der Waals surface area contributed by atoms with Crippen LogP contribution < -0.4 is 5.32 Å². The molecule has 3 aromatic rings. The molecule has 1 aromatic heterocycles. The number of hydrogen-bond donors (Lipinski definition) is 1. The van der Waals surface area contributed by atoms with Crippen LogP contribution >= 0.6 is 11.3 Å². The van der Waals surface area contributed by atoms with Crippen LogP contribution in [0.15, 0.2) is 42.5 Å². The third-order valence-corrected chi connectivity index (χ3v) is 5.98. The number of likely N-dealkylation sites (tertiary alicyclic amines) is 1. The van der Waals surface area contributed by atoms with Crippen molar-refractivity contribution in [2.75, 3.05) is 18.4 Å². The molecule has 4 rings (SSSR count). The van der Waals surface area contributed by atoms with E-state index < -0.39 is 5.82 Å². The van der Waals surface area contributed by atoms with Crippen LogP contribution in [0.2, 0.25) is 0 Å². The molecule has 1 aliphatic heterocycles. The van der Waals surface area contributed by atoms with E-state index in [1.54, 1.807) is 16.2 Å². The monoisotopic (exact) mass is 380 g/mol. The Morgan fingerprint density at radius 3 is 2.78 bits per heavy atom. The summed E-state index contributed by atoms with van der Waals surface area (Å²) >= 11 is 1.72. The maximum atomic E-state index is 13.2. The third-order valence-electron chi connectivity index (χ3n) is 4.79. The van der Waals surface area contributed by atoms with Crippen molar-refractivity contribution in [3.63, 3.8) is 0 Å². The van der Waals surface area contributed by atoms with Gasteiger partial charge in [-0.1, -0.05) is 12.1 Å². The van der Waals surface area contributed by atoms with Gasteiger partial charge in [0.2, 0.25) is 0 Å². The van der Waals surface area contributed by atoms with Crippen molar-refractivity contribution in [2.45, 2.75) is 18.8 Å². The Morgan fingerprint density at radius 1 is 1.26 bits per heavy atom. The van der Waals surface area contributed by atoms with Gasteiger partial charge in [-0.3, -0.25) is 0 Å². The fourth-order valence-corrected chi connectivity index (χ4v) is 4.44. The van der Waals surface area contributed by atoms with E-state index in [9.17, 15) is 9.18 Å². The maximum absolute atomic E-state index is 13.2. The zero-order chi connectivity index (χ0) is 18.8. The van der Waals surface area contributed by atoms with Gasteiger partial charge in [0.15, 0.2) is 0 Å². The van der Waals surface area contributed by atoms with E-state index in [1.165, 1.54) is 16.8 Å². The zero-order valence-corrected chi connectivity index (χ0v) is 15.3.